The zero-order chi connectivity index (χ0) is 17.3. The van der Waals surface area contributed by atoms with Crippen LogP contribution in [0.4, 0.5) is 5.82 Å². The van der Waals surface area contributed by atoms with Crippen molar-refractivity contribution in [2.45, 2.75) is 13.8 Å². The molecule has 3 rings (SSSR count). The lowest BCUT2D eigenvalue weighted by atomic mass is 9.95. The molecule has 24 heavy (non-hydrogen) atoms. The first kappa shape index (κ1) is 16.8. The molecule has 2 aromatic heterocycles. The lowest BCUT2D eigenvalue weighted by molar-refractivity contribution is -0.123. The first-order chi connectivity index (χ1) is 11.4. The number of hydrogen-bond acceptors (Lipinski definition) is 2. The summed E-state index contributed by atoms with van der Waals surface area (Å²) in [6, 6.07) is 13.1. The smallest absolute Gasteiger partial charge is 0.232 e. The predicted octanol–water partition coefficient (Wildman–Crippen LogP) is 4.86. The molecule has 3 aromatic rings. The first-order valence-corrected chi connectivity index (χ1v) is 8.44. The summed E-state index contributed by atoms with van der Waals surface area (Å²) in [7, 11) is 0. The molecule has 0 aliphatic heterocycles. The van der Waals surface area contributed by atoms with Crippen LogP contribution < -0.4 is 5.32 Å². The fraction of sp³-hybridized carbons (Fsp3) is 0.222. The molecule has 1 aromatic carbocycles. The summed E-state index contributed by atoms with van der Waals surface area (Å²) in [6.07, 6.45) is 1.87. The predicted molar refractivity (Wildman–Crippen MR) is 98.8 cm³/mol. The highest BCUT2D eigenvalue weighted by molar-refractivity contribution is 6.30. The fourth-order valence-corrected chi connectivity index (χ4v) is 2.51. The zero-order valence-corrected chi connectivity index (χ0v) is 14.9. The average molecular weight is 362 g/mol. The number of carbonyl (C=O) groups is 1. The molecule has 4 nitrogen and oxygen atoms in total. The number of amides is 1. The Labute approximate surface area is 150 Å². The molecule has 2 heterocycles. The van der Waals surface area contributed by atoms with Gasteiger partial charge in [-0.2, -0.15) is 0 Å². The van der Waals surface area contributed by atoms with Crippen LogP contribution in [-0.2, 0) is 4.79 Å². The van der Waals surface area contributed by atoms with Crippen molar-refractivity contribution in [3.05, 3.63) is 53.7 Å². The molecule has 0 aliphatic rings. The monoisotopic (exact) mass is 361 g/mol. The molecule has 0 bridgehead atoms. The second kappa shape index (κ2) is 6.46. The summed E-state index contributed by atoms with van der Waals surface area (Å²) >= 11 is 11.9. The van der Waals surface area contributed by atoms with Gasteiger partial charge in [0.25, 0.3) is 0 Å². The number of alkyl halides is 1. The molecular weight excluding hydrogens is 345 g/mol. The van der Waals surface area contributed by atoms with E-state index >= 15 is 0 Å². The second-order valence-corrected chi connectivity index (χ2v) is 6.92. The van der Waals surface area contributed by atoms with Gasteiger partial charge in [-0.05, 0) is 38.1 Å². The highest BCUT2D eigenvalue weighted by Crippen LogP contribution is 2.31. The van der Waals surface area contributed by atoms with Crippen molar-refractivity contribution in [2.24, 2.45) is 5.41 Å². The maximum atomic E-state index is 12.6. The minimum absolute atomic E-state index is 0.154. The van der Waals surface area contributed by atoms with Gasteiger partial charge in [-0.3, -0.25) is 9.20 Å². The van der Waals surface area contributed by atoms with E-state index in [4.69, 9.17) is 23.2 Å². The van der Waals surface area contributed by atoms with Gasteiger partial charge in [0.2, 0.25) is 5.91 Å². The van der Waals surface area contributed by atoms with Gasteiger partial charge in [-0.25, -0.2) is 4.98 Å². The maximum Gasteiger partial charge on any atom is 0.232 e. The van der Waals surface area contributed by atoms with E-state index in [0.29, 0.717) is 16.5 Å². The Morgan fingerprint density at radius 1 is 1.21 bits per heavy atom. The van der Waals surface area contributed by atoms with Gasteiger partial charge in [0.1, 0.15) is 17.2 Å². The highest BCUT2D eigenvalue weighted by Gasteiger charge is 2.28. The van der Waals surface area contributed by atoms with Gasteiger partial charge < -0.3 is 5.32 Å². The van der Waals surface area contributed by atoms with Crippen LogP contribution in [0.3, 0.4) is 0 Å². The molecule has 6 heteroatoms. The maximum absolute atomic E-state index is 12.6. The van der Waals surface area contributed by atoms with Crippen LogP contribution in [-0.4, -0.2) is 21.2 Å². The summed E-state index contributed by atoms with van der Waals surface area (Å²) < 4.78 is 1.85. The molecule has 0 saturated heterocycles. The molecule has 1 N–H and O–H groups in total. The van der Waals surface area contributed by atoms with Crippen LogP contribution in [0, 0.1) is 5.41 Å². The molecule has 0 saturated carbocycles. The Hall–Kier alpha value is -2.04. The van der Waals surface area contributed by atoms with E-state index in [1.165, 1.54) is 0 Å². The lowest BCUT2D eigenvalue weighted by Crippen LogP contribution is -2.32. The van der Waals surface area contributed by atoms with Gasteiger partial charge in [0, 0.05) is 22.7 Å². The van der Waals surface area contributed by atoms with Crippen LogP contribution in [0.25, 0.3) is 16.9 Å². The van der Waals surface area contributed by atoms with Gasteiger partial charge in [0.05, 0.1) is 5.41 Å². The van der Waals surface area contributed by atoms with Gasteiger partial charge in [-0.15, -0.1) is 11.6 Å². The van der Waals surface area contributed by atoms with Gasteiger partial charge >= 0.3 is 0 Å². The standard InChI is InChI=1S/C18H17Cl2N3O/c1-18(2,11-19)17(24)22-16-15(12-6-8-13(20)9-7-12)21-14-5-3-4-10-23(14)16/h3-10H,11H2,1-2H3,(H,22,24). The average Bonchev–Trinajstić information content (AvgIpc) is 2.94. The van der Waals surface area contributed by atoms with Crippen molar-refractivity contribution < 1.29 is 4.79 Å². The first-order valence-electron chi connectivity index (χ1n) is 7.53. The quantitative estimate of drug-likeness (QED) is 0.674. The molecule has 0 unspecified atom stereocenters. The molecule has 0 atom stereocenters. The number of imidazole rings is 1. The lowest BCUT2D eigenvalue weighted by Gasteiger charge is -2.20. The third kappa shape index (κ3) is 3.12. The number of benzene rings is 1. The van der Waals surface area contributed by atoms with E-state index in [1.54, 1.807) is 26.0 Å². The van der Waals surface area contributed by atoms with Crippen molar-refractivity contribution in [2.75, 3.05) is 11.2 Å². The summed E-state index contributed by atoms with van der Waals surface area (Å²) in [5.41, 5.74) is 1.64. The van der Waals surface area contributed by atoms with Gasteiger partial charge in [0.15, 0.2) is 0 Å². The number of aromatic nitrogens is 2. The number of nitrogens with zero attached hydrogens (tertiary/aromatic N) is 2. The molecule has 1 amide bonds. The molecule has 124 valence electrons. The number of pyridine rings is 1. The largest absolute Gasteiger partial charge is 0.309 e. The van der Waals surface area contributed by atoms with Crippen molar-refractivity contribution in [1.29, 1.82) is 0 Å². The van der Waals surface area contributed by atoms with Gasteiger partial charge in [-0.1, -0.05) is 29.8 Å². The summed E-state index contributed by atoms with van der Waals surface area (Å²) in [4.78, 5) is 17.2. The van der Waals surface area contributed by atoms with E-state index in [9.17, 15) is 4.79 Å². The van der Waals surface area contributed by atoms with Crippen molar-refractivity contribution >= 4 is 40.6 Å². The Balaban J connectivity index is 2.12. The summed E-state index contributed by atoms with van der Waals surface area (Å²) in [6.45, 7) is 3.61. The van der Waals surface area contributed by atoms with Crippen molar-refractivity contribution in [1.82, 2.24) is 9.38 Å². The molecular formula is C18H17Cl2N3O. The van der Waals surface area contributed by atoms with Crippen LogP contribution in [0.5, 0.6) is 0 Å². The number of hydrogen-bond donors (Lipinski definition) is 1. The number of fused-ring (bicyclic) bond motifs is 1. The van der Waals surface area contributed by atoms with E-state index in [0.717, 1.165) is 11.2 Å². The van der Waals surface area contributed by atoms with Crippen LogP contribution >= 0.6 is 23.2 Å². The van der Waals surface area contributed by atoms with Crippen molar-refractivity contribution in [3.8, 4) is 11.3 Å². The summed E-state index contributed by atoms with van der Waals surface area (Å²) in [5.74, 6) is 0.695. The number of halogens is 2. The van der Waals surface area contributed by atoms with E-state index in [1.807, 2.05) is 40.9 Å². The van der Waals surface area contributed by atoms with E-state index in [2.05, 4.69) is 10.3 Å². The highest BCUT2D eigenvalue weighted by atomic mass is 35.5. The minimum atomic E-state index is -0.683. The second-order valence-electron chi connectivity index (χ2n) is 6.22. The Morgan fingerprint density at radius 3 is 2.58 bits per heavy atom. The van der Waals surface area contributed by atoms with E-state index in [-0.39, 0.29) is 11.8 Å². The third-order valence-corrected chi connectivity index (χ3v) is 4.75. The minimum Gasteiger partial charge on any atom is -0.309 e. The number of anilines is 1. The molecule has 0 spiro atoms. The summed E-state index contributed by atoms with van der Waals surface area (Å²) in [5, 5.41) is 3.63. The Morgan fingerprint density at radius 2 is 1.92 bits per heavy atom. The van der Waals surface area contributed by atoms with Crippen LogP contribution in [0.1, 0.15) is 13.8 Å². The Kier molecular flexibility index (Phi) is 4.52. The van der Waals surface area contributed by atoms with Crippen LogP contribution in [0.15, 0.2) is 48.7 Å². The molecule has 0 aliphatic carbocycles. The molecule has 0 fully saturated rings. The Bertz CT molecular complexity index is 885. The number of nitrogens with one attached hydrogen (secondary N) is 1. The number of carbonyl (C=O) groups excluding carboxylic acids is 1. The SMILES string of the molecule is CC(C)(CCl)C(=O)Nc1c(-c2ccc(Cl)cc2)nc2ccccn12. The van der Waals surface area contributed by atoms with Crippen LogP contribution in [0.2, 0.25) is 5.02 Å². The fourth-order valence-electron chi connectivity index (χ4n) is 2.26. The third-order valence-electron chi connectivity index (χ3n) is 3.83. The topological polar surface area (TPSA) is 46.4 Å². The zero-order valence-electron chi connectivity index (χ0n) is 13.4. The van der Waals surface area contributed by atoms with Crippen molar-refractivity contribution in [3.63, 3.8) is 0 Å². The number of rotatable bonds is 4. The normalized spacial score (nSPS) is 11.7. The molecule has 0 radical (unpaired) electrons. The van der Waals surface area contributed by atoms with E-state index < -0.39 is 5.41 Å².